The van der Waals surface area contributed by atoms with Crippen molar-refractivity contribution in [2.75, 3.05) is 13.2 Å². The summed E-state index contributed by atoms with van der Waals surface area (Å²) in [5.41, 5.74) is 0.539. The fourth-order valence-corrected chi connectivity index (χ4v) is 0.771. The Morgan fingerprint density at radius 1 is 1.50 bits per heavy atom. The summed E-state index contributed by atoms with van der Waals surface area (Å²) in [4.78, 5) is 0. The van der Waals surface area contributed by atoms with Crippen molar-refractivity contribution in [3.05, 3.63) is 29.8 Å². The van der Waals surface area contributed by atoms with E-state index in [1.54, 1.807) is 25.1 Å². The highest BCUT2D eigenvalue weighted by Gasteiger charge is 1.95. The minimum atomic E-state index is -3.86. The van der Waals surface area contributed by atoms with Gasteiger partial charge in [-0.15, -0.1) is 0 Å². The van der Waals surface area contributed by atoms with Gasteiger partial charge in [-0.1, -0.05) is 18.2 Å². The van der Waals surface area contributed by atoms with Gasteiger partial charge in [0, 0.05) is 9.11 Å². The first kappa shape index (κ1) is 3.77. The zero-order valence-corrected chi connectivity index (χ0v) is 6.60. The van der Waals surface area contributed by atoms with E-state index < -0.39 is 19.6 Å². The van der Waals surface area contributed by atoms with Crippen LogP contribution in [0.2, 0.25) is 0 Å². The molecule has 0 unspecified atom stereocenters. The lowest BCUT2D eigenvalue weighted by atomic mass is 10.2. The van der Waals surface area contributed by atoms with Crippen molar-refractivity contribution in [1.82, 2.24) is 0 Å². The van der Waals surface area contributed by atoms with Gasteiger partial charge in [-0.25, -0.2) is 0 Å². The van der Waals surface area contributed by atoms with E-state index in [9.17, 15) is 4.39 Å². The molecule has 0 saturated heterocycles. The maximum absolute atomic E-state index is 13.1. The van der Waals surface area contributed by atoms with E-state index in [0.717, 1.165) is 0 Å². The van der Waals surface area contributed by atoms with E-state index in [2.05, 4.69) is 0 Å². The number of halogens is 1. The van der Waals surface area contributed by atoms with Crippen LogP contribution >= 0.6 is 0 Å². The molecule has 2 heteroatoms. The number of benzene rings is 1. The fourth-order valence-electron chi connectivity index (χ4n) is 0.771. The molecule has 12 heavy (non-hydrogen) atoms. The molecule has 0 aliphatic rings. The monoisotopic (exact) mass is 174 g/mol. The molecule has 0 amide bonds. The molecule has 0 saturated carbocycles. The molecule has 0 aliphatic heterocycles. The van der Waals surface area contributed by atoms with Gasteiger partial charge in [-0.3, -0.25) is 4.39 Å². The van der Waals surface area contributed by atoms with E-state index in [0.29, 0.717) is 5.56 Å². The lowest BCUT2D eigenvalue weighted by Gasteiger charge is -2.06. The normalized spacial score (nSPS) is 20.8. The second kappa shape index (κ2) is 4.75. The summed E-state index contributed by atoms with van der Waals surface area (Å²) in [7, 11) is 0. The standard InChI is InChI=1S/C10H13FO/c1-9-5-2-3-6-10(9)12-8-4-7-11/h2-3,5-6H,4,7-8H2,1H3/i4D2,7D2,8D2. The van der Waals surface area contributed by atoms with Crippen LogP contribution in [-0.2, 0) is 0 Å². The summed E-state index contributed by atoms with van der Waals surface area (Å²) in [6, 6.07) is 6.25. The van der Waals surface area contributed by atoms with Crippen LogP contribution in [0.3, 0.4) is 0 Å². The number of ether oxygens (including phenoxy) is 1. The van der Waals surface area contributed by atoms with E-state index in [-0.39, 0.29) is 5.75 Å². The molecule has 66 valence electrons. The third kappa shape index (κ3) is 2.53. The van der Waals surface area contributed by atoms with Gasteiger partial charge in [-0.2, -0.15) is 0 Å². The summed E-state index contributed by atoms with van der Waals surface area (Å²) in [6.45, 7) is -5.39. The van der Waals surface area contributed by atoms with Gasteiger partial charge in [-0.05, 0) is 18.6 Å². The minimum absolute atomic E-state index is 0.0376. The summed E-state index contributed by atoms with van der Waals surface area (Å²) in [5.74, 6) is 0.0376. The van der Waals surface area contributed by atoms with E-state index in [1.807, 2.05) is 0 Å². The molecule has 0 spiro atoms. The van der Waals surface area contributed by atoms with E-state index in [4.69, 9.17) is 13.0 Å². The van der Waals surface area contributed by atoms with E-state index >= 15 is 0 Å². The zero-order valence-electron chi connectivity index (χ0n) is 12.6. The number of rotatable bonds is 4. The average molecular weight is 174 g/mol. The van der Waals surface area contributed by atoms with Crippen molar-refractivity contribution in [2.45, 2.75) is 13.3 Å². The Bertz CT molecular complexity index is 429. The van der Waals surface area contributed by atoms with Gasteiger partial charge in [0.25, 0.3) is 0 Å². The third-order valence-corrected chi connectivity index (χ3v) is 1.35. The lowest BCUT2D eigenvalue weighted by Crippen LogP contribution is -1.99. The van der Waals surface area contributed by atoms with E-state index in [1.165, 1.54) is 6.07 Å². The van der Waals surface area contributed by atoms with Crippen molar-refractivity contribution in [3.63, 3.8) is 0 Å². The first-order valence-corrected chi connectivity index (χ1v) is 3.42. The zero-order chi connectivity index (χ0) is 14.2. The predicted molar refractivity (Wildman–Crippen MR) is 47.3 cm³/mol. The Labute approximate surface area is 80.6 Å². The van der Waals surface area contributed by atoms with Crippen LogP contribution in [0.4, 0.5) is 4.39 Å². The summed E-state index contributed by atoms with van der Waals surface area (Å²) in [5, 5.41) is 0. The number of para-hydroxylation sites is 1. The third-order valence-electron chi connectivity index (χ3n) is 1.35. The van der Waals surface area contributed by atoms with Crippen LogP contribution in [0, 0.1) is 6.92 Å². The van der Waals surface area contributed by atoms with Crippen LogP contribution in [0.15, 0.2) is 24.3 Å². The first-order chi connectivity index (χ1) is 7.99. The second-order valence-corrected chi connectivity index (χ2v) is 2.19. The van der Waals surface area contributed by atoms with Gasteiger partial charge in [0.2, 0.25) is 0 Å². The molecule has 1 rings (SSSR count). The molecule has 1 aromatic rings. The Morgan fingerprint density at radius 2 is 2.25 bits per heavy atom. The number of aryl methyl sites for hydroxylation is 1. The largest absolute Gasteiger partial charge is 0.493 e. The molecule has 0 aromatic heterocycles. The summed E-state index contributed by atoms with van der Waals surface area (Å²) < 4.78 is 60.6. The Hall–Kier alpha value is -1.05. The minimum Gasteiger partial charge on any atom is -0.493 e. The van der Waals surface area contributed by atoms with Crippen LogP contribution in [0.1, 0.15) is 20.2 Å². The van der Waals surface area contributed by atoms with Crippen LogP contribution in [-0.4, -0.2) is 13.2 Å². The SMILES string of the molecule is [2H]C([2H])(F)C([2H])([2H])C([2H])([2H])Oc1ccccc1C. The van der Waals surface area contributed by atoms with Gasteiger partial charge >= 0.3 is 0 Å². The molecule has 0 radical (unpaired) electrons. The second-order valence-electron chi connectivity index (χ2n) is 2.19. The maximum atomic E-state index is 13.1. The van der Waals surface area contributed by atoms with Gasteiger partial charge in [0.15, 0.2) is 0 Å². The summed E-state index contributed by atoms with van der Waals surface area (Å²) >= 11 is 0. The highest BCUT2D eigenvalue weighted by Crippen LogP contribution is 2.15. The van der Waals surface area contributed by atoms with Crippen LogP contribution in [0.5, 0.6) is 5.75 Å². The van der Waals surface area contributed by atoms with Crippen molar-refractivity contribution in [3.8, 4) is 5.75 Å². The molecular weight excluding hydrogens is 155 g/mol. The molecule has 0 bridgehead atoms. The number of alkyl halides is 1. The molecule has 0 atom stereocenters. The topological polar surface area (TPSA) is 9.23 Å². The van der Waals surface area contributed by atoms with Crippen molar-refractivity contribution < 1.29 is 17.4 Å². The molecular formula is C10H13FO. The Morgan fingerprint density at radius 3 is 2.92 bits per heavy atom. The lowest BCUT2D eigenvalue weighted by molar-refractivity contribution is 0.288. The Balaban J connectivity index is 3.06. The molecule has 1 aromatic carbocycles. The molecule has 0 fully saturated rings. The summed E-state index contributed by atoms with van der Waals surface area (Å²) in [6.07, 6.45) is -3.44. The van der Waals surface area contributed by atoms with Gasteiger partial charge < -0.3 is 4.74 Å². The first-order valence-electron chi connectivity index (χ1n) is 6.42. The molecule has 0 aliphatic carbocycles. The highest BCUT2D eigenvalue weighted by molar-refractivity contribution is 5.31. The molecule has 0 N–H and O–H groups in total. The molecule has 1 nitrogen and oxygen atoms in total. The predicted octanol–water partition coefficient (Wildman–Crippen LogP) is 2.73. The number of hydrogen-bond donors (Lipinski definition) is 0. The van der Waals surface area contributed by atoms with Crippen molar-refractivity contribution in [1.29, 1.82) is 0 Å². The van der Waals surface area contributed by atoms with Crippen LogP contribution in [0.25, 0.3) is 0 Å². The average Bonchev–Trinajstić information content (AvgIpc) is 2.19. The van der Waals surface area contributed by atoms with Crippen LogP contribution < -0.4 is 4.74 Å². The highest BCUT2D eigenvalue weighted by atomic mass is 19.1. The fraction of sp³-hybridized carbons (Fsp3) is 0.400. The van der Waals surface area contributed by atoms with Crippen molar-refractivity contribution >= 4 is 0 Å². The maximum Gasteiger partial charge on any atom is 0.122 e. The van der Waals surface area contributed by atoms with Gasteiger partial charge in [0.1, 0.15) is 5.75 Å². The Kier molecular flexibility index (Phi) is 1.49. The molecule has 0 heterocycles. The quantitative estimate of drug-likeness (QED) is 0.682. The number of hydrogen-bond acceptors (Lipinski definition) is 1. The van der Waals surface area contributed by atoms with Gasteiger partial charge in [0.05, 0.1) is 18.7 Å². The smallest absolute Gasteiger partial charge is 0.122 e. The van der Waals surface area contributed by atoms with Crippen molar-refractivity contribution in [2.24, 2.45) is 0 Å².